The van der Waals surface area contributed by atoms with E-state index in [0.29, 0.717) is 31.9 Å². The van der Waals surface area contributed by atoms with Crippen molar-refractivity contribution in [3.8, 4) is 0 Å². The van der Waals surface area contributed by atoms with E-state index in [-0.39, 0.29) is 17.6 Å². The first kappa shape index (κ1) is 15.5. The number of ether oxygens (including phenoxy) is 1. The molecular weight excluding hydrogens is 282 g/mol. The highest BCUT2D eigenvalue weighted by molar-refractivity contribution is 7.92. The van der Waals surface area contributed by atoms with Gasteiger partial charge < -0.3 is 19.6 Å². The van der Waals surface area contributed by atoms with E-state index in [2.05, 4.69) is 5.32 Å². The molecule has 0 spiro atoms. The Morgan fingerprint density at radius 2 is 2.40 bits per heavy atom. The molecule has 114 valence electrons. The van der Waals surface area contributed by atoms with Gasteiger partial charge >= 0.3 is 0 Å². The minimum atomic E-state index is -2.92. The van der Waals surface area contributed by atoms with Crippen LogP contribution in [-0.2, 0) is 21.2 Å². The fourth-order valence-corrected chi connectivity index (χ4v) is 4.05. The van der Waals surface area contributed by atoms with Gasteiger partial charge in [0.15, 0.2) is 9.84 Å². The van der Waals surface area contributed by atoms with Crippen LogP contribution in [0.25, 0.3) is 0 Å². The summed E-state index contributed by atoms with van der Waals surface area (Å²) in [5, 5.41) is 12.4. The van der Waals surface area contributed by atoms with Crippen molar-refractivity contribution in [2.24, 2.45) is 0 Å². The summed E-state index contributed by atoms with van der Waals surface area (Å²) < 4.78 is 33.6. The number of hydrogen-bond acceptors (Lipinski definition) is 6. The lowest BCUT2D eigenvalue weighted by Crippen LogP contribution is -2.36. The minimum absolute atomic E-state index is 0.186. The Hall–Kier alpha value is -0.890. The van der Waals surface area contributed by atoms with Gasteiger partial charge in [-0.15, -0.1) is 0 Å². The third-order valence-electron chi connectivity index (χ3n) is 3.35. The average molecular weight is 303 g/mol. The summed E-state index contributed by atoms with van der Waals surface area (Å²) in [5.74, 6) is 0.996. The van der Waals surface area contributed by atoms with Gasteiger partial charge in [0, 0.05) is 13.1 Å². The summed E-state index contributed by atoms with van der Waals surface area (Å²) in [5.41, 5.74) is 0. The Morgan fingerprint density at radius 3 is 3.05 bits per heavy atom. The maximum absolute atomic E-state index is 11.6. The van der Waals surface area contributed by atoms with Crippen LogP contribution < -0.4 is 5.32 Å². The molecule has 7 heteroatoms. The first-order valence-corrected chi connectivity index (χ1v) is 8.50. The molecule has 2 N–H and O–H groups in total. The molecule has 2 atom stereocenters. The van der Waals surface area contributed by atoms with Gasteiger partial charge in [-0.1, -0.05) is 0 Å². The predicted molar refractivity (Wildman–Crippen MR) is 74.0 cm³/mol. The molecule has 0 saturated carbocycles. The van der Waals surface area contributed by atoms with E-state index >= 15 is 0 Å². The summed E-state index contributed by atoms with van der Waals surface area (Å²) in [6, 6.07) is 3.58. The molecule has 2 rings (SSSR count). The molecule has 6 nitrogen and oxygen atoms in total. The van der Waals surface area contributed by atoms with Gasteiger partial charge in [0.2, 0.25) is 0 Å². The first-order valence-electron chi connectivity index (χ1n) is 6.78. The van der Waals surface area contributed by atoms with Crippen LogP contribution in [0.15, 0.2) is 22.8 Å². The molecule has 1 aromatic heterocycles. The molecular formula is C13H21NO5S. The minimum Gasteiger partial charge on any atom is -0.467 e. The average Bonchev–Trinajstić information content (AvgIpc) is 3.00. The molecule has 1 aliphatic rings. The summed E-state index contributed by atoms with van der Waals surface area (Å²) >= 11 is 0. The zero-order valence-corrected chi connectivity index (χ0v) is 12.1. The third kappa shape index (κ3) is 4.59. The summed E-state index contributed by atoms with van der Waals surface area (Å²) in [4.78, 5) is 0. The first-order chi connectivity index (χ1) is 9.58. The molecule has 0 aromatic carbocycles. The highest BCUT2D eigenvalue weighted by Crippen LogP contribution is 2.18. The van der Waals surface area contributed by atoms with E-state index in [1.165, 1.54) is 0 Å². The molecule has 1 fully saturated rings. The fourth-order valence-electron chi connectivity index (χ4n) is 2.25. The zero-order chi connectivity index (χ0) is 14.4. The van der Waals surface area contributed by atoms with E-state index in [0.717, 1.165) is 6.42 Å². The van der Waals surface area contributed by atoms with Gasteiger partial charge in [-0.05, 0) is 25.0 Å². The second-order valence-electron chi connectivity index (χ2n) is 5.04. The van der Waals surface area contributed by atoms with E-state index in [4.69, 9.17) is 9.15 Å². The quantitative estimate of drug-likeness (QED) is 0.719. The zero-order valence-electron chi connectivity index (χ0n) is 11.3. The fraction of sp³-hybridized carbons (Fsp3) is 0.692. The number of aliphatic hydroxyl groups is 1. The van der Waals surface area contributed by atoms with Crippen LogP contribution >= 0.6 is 0 Å². The van der Waals surface area contributed by atoms with Crippen LogP contribution in [0.4, 0.5) is 0 Å². The van der Waals surface area contributed by atoms with Gasteiger partial charge in [0.05, 0.1) is 30.0 Å². The summed E-state index contributed by atoms with van der Waals surface area (Å²) in [7, 11) is -2.92. The number of aliphatic hydroxyl groups excluding tert-OH is 1. The van der Waals surface area contributed by atoms with E-state index < -0.39 is 15.9 Å². The number of hydrogen-bond donors (Lipinski definition) is 2. The molecule has 1 saturated heterocycles. The Morgan fingerprint density at radius 1 is 1.55 bits per heavy atom. The van der Waals surface area contributed by atoms with Crippen molar-refractivity contribution >= 4 is 9.84 Å². The van der Waals surface area contributed by atoms with E-state index in [1.807, 2.05) is 0 Å². The maximum atomic E-state index is 11.6. The van der Waals surface area contributed by atoms with Gasteiger partial charge in [0.25, 0.3) is 0 Å². The molecule has 0 amide bonds. The molecule has 2 heterocycles. The van der Waals surface area contributed by atoms with Gasteiger partial charge in [-0.2, -0.15) is 0 Å². The Labute approximate surface area is 119 Å². The van der Waals surface area contributed by atoms with Crippen LogP contribution in [0.1, 0.15) is 18.6 Å². The Bertz CT molecular complexity index is 485. The standard InChI is InChI=1S/C13H21NO5S/c15-11(9-18-10-12-3-1-5-19-12)7-14-8-13-4-2-6-20(13,16)17/h1,3,5,11,13-15H,2,4,6-10H2. The van der Waals surface area contributed by atoms with Crippen molar-refractivity contribution in [2.45, 2.75) is 30.8 Å². The van der Waals surface area contributed by atoms with Crippen molar-refractivity contribution in [3.05, 3.63) is 24.2 Å². The Balaban J connectivity index is 1.57. The molecule has 2 unspecified atom stereocenters. The largest absolute Gasteiger partial charge is 0.467 e. The SMILES string of the molecule is O=S1(=O)CCCC1CNCC(O)COCc1ccco1. The second kappa shape index (κ2) is 7.21. The number of sulfone groups is 1. The monoisotopic (exact) mass is 303 g/mol. The lowest BCUT2D eigenvalue weighted by Gasteiger charge is -2.14. The second-order valence-corrected chi connectivity index (χ2v) is 7.44. The van der Waals surface area contributed by atoms with Crippen molar-refractivity contribution < 1.29 is 22.7 Å². The topological polar surface area (TPSA) is 88.8 Å². The van der Waals surface area contributed by atoms with Gasteiger partial charge in [0.1, 0.15) is 12.4 Å². The van der Waals surface area contributed by atoms with Crippen LogP contribution in [0, 0.1) is 0 Å². The van der Waals surface area contributed by atoms with Crippen LogP contribution in [0.5, 0.6) is 0 Å². The number of rotatable bonds is 8. The molecule has 1 aliphatic heterocycles. The summed E-state index contributed by atoms with van der Waals surface area (Å²) in [6.07, 6.45) is 2.36. The third-order valence-corrected chi connectivity index (χ3v) is 5.63. The number of nitrogens with one attached hydrogen (secondary N) is 1. The van der Waals surface area contributed by atoms with Crippen molar-refractivity contribution in [1.29, 1.82) is 0 Å². The predicted octanol–water partition coefficient (Wildman–Crippen LogP) is 0.324. The highest BCUT2D eigenvalue weighted by atomic mass is 32.2. The molecule has 1 aromatic rings. The highest BCUT2D eigenvalue weighted by Gasteiger charge is 2.30. The summed E-state index contributed by atoms with van der Waals surface area (Å²) in [6.45, 7) is 1.23. The lowest BCUT2D eigenvalue weighted by molar-refractivity contribution is 0.0228. The molecule has 0 bridgehead atoms. The van der Waals surface area contributed by atoms with Crippen molar-refractivity contribution in [2.75, 3.05) is 25.4 Å². The normalized spacial score (nSPS) is 22.9. The van der Waals surface area contributed by atoms with Crippen LogP contribution in [0.2, 0.25) is 0 Å². The van der Waals surface area contributed by atoms with Crippen LogP contribution in [0.3, 0.4) is 0 Å². The lowest BCUT2D eigenvalue weighted by atomic mass is 10.2. The van der Waals surface area contributed by atoms with Gasteiger partial charge in [-0.25, -0.2) is 8.42 Å². The van der Waals surface area contributed by atoms with Crippen molar-refractivity contribution in [1.82, 2.24) is 5.32 Å². The van der Waals surface area contributed by atoms with E-state index in [1.54, 1.807) is 18.4 Å². The van der Waals surface area contributed by atoms with Gasteiger partial charge in [-0.3, -0.25) is 0 Å². The Kier molecular flexibility index (Phi) is 5.59. The number of furan rings is 1. The molecule has 0 aliphatic carbocycles. The van der Waals surface area contributed by atoms with E-state index in [9.17, 15) is 13.5 Å². The van der Waals surface area contributed by atoms with Crippen molar-refractivity contribution in [3.63, 3.8) is 0 Å². The molecule has 20 heavy (non-hydrogen) atoms. The smallest absolute Gasteiger partial charge is 0.154 e. The maximum Gasteiger partial charge on any atom is 0.154 e. The molecule has 0 radical (unpaired) electrons. The van der Waals surface area contributed by atoms with Crippen LogP contribution in [-0.4, -0.2) is 50.3 Å².